The Balaban J connectivity index is 2.00. The van der Waals surface area contributed by atoms with Crippen LogP contribution in [0, 0.1) is 0 Å². The molecule has 1 aliphatic heterocycles. The van der Waals surface area contributed by atoms with Gasteiger partial charge in [0.25, 0.3) is 0 Å². The first-order valence-corrected chi connectivity index (χ1v) is 6.51. The standard InChI is InChI=1S/C12H15Cl2N3O/c1-16-4-6-17(7-5-16)12(18)15-11-8-9(13)2-3-10(11)14/h2-3,8H,4-7H2,1H3,(H,15,18). The topological polar surface area (TPSA) is 35.6 Å². The van der Waals surface area contributed by atoms with Crippen LogP contribution in [0.3, 0.4) is 0 Å². The van der Waals surface area contributed by atoms with Crippen LogP contribution >= 0.6 is 23.2 Å². The lowest BCUT2D eigenvalue weighted by Crippen LogP contribution is -2.48. The van der Waals surface area contributed by atoms with Gasteiger partial charge in [-0.05, 0) is 25.2 Å². The molecular weight excluding hydrogens is 273 g/mol. The highest BCUT2D eigenvalue weighted by Crippen LogP contribution is 2.25. The van der Waals surface area contributed by atoms with Gasteiger partial charge in [0.1, 0.15) is 0 Å². The lowest BCUT2D eigenvalue weighted by Gasteiger charge is -2.32. The van der Waals surface area contributed by atoms with Crippen molar-refractivity contribution in [2.75, 3.05) is 38.5 Å². The quantitative estimate of drug-likeness (QED) is 0.862. The Labute approximate surface area is 116 Å². The molecule has 1 fully saturated rings. The summed E-state index contributed by atoms with van der Waals surface area (Å²) in [6, 6.07) is 4.88. The fourth-order valence-electron chi connectivity index (χ4n) is 1.80. The smallest absolute Gasteiger partial charge is 0.321 e. The highest BCUT2D eigenvalue weighted by Gasteiger charge is 2.19. The van der Waals surface area contributed by atoms with Crippen molar-refractivity contribution >= 4 is 34.9 Å². The average molecular weight is 288 g/mol. The molecule has 1 aromatic carbocycles. The van der Waals surface area contributed by atoms with Crippen LogP contribution in [0.5, 0.6) is 0 Å². The summed E-state index contributed by atoms with van der Waals surface area (Å²) >= 11 is 11.9. The van der Waals surface area contributed by atoms with E-state index < -0.39 is 0 Å². The first kappa shape index (κ1) is 13.5. The first-order chi connectivity index (χ1) is 8.56. The summed E-state index contributed by atoms with van der Waals surface area (Å²) in [4.78, 5) is 16.0. The predicted octanol–water partition coefficient (Wildman–Crippen LogP) is 2.77. The lowest BCUT2D eigenvalue weighted by molar-refractivity contribution is 0.164. The van der Waals surface area contributed by atoms with Gasteiger partial charge in [0.2, 0.25) is 0 Å². The summed E-state index contributed by atoms with van der Waals surface area (Å²) in [5, 5.41) is 3.82. The minimum Gasteiger partial charge on any atom is -0.322 e. The second kappa shape index (κ2) is 5.78. The van der Waals surface area contributed by atoms with Gasteiger partial charge in [-0.15, -0.1) is 0 Å². The third kappa shape index (κ3) is 3.28. The highest BCUT2D eigenvalue weighted by atomic mass is 35.5. The van der Waals surface area contributed by atoms with E-state index in [4.69, 9.17) is 23.2 Å². The van der Waals surface area contributed by atoms with Crippen LogP contribution in [-0.4, -0.2) is 49.1 Å². The summed E-state index contributed by atoms with van der Waals surface area (Å²) in [7, 11) is 2.04. The Morgan fingerprint density at radius 3 is 2.56 bits per heavy atom. The van der Waals surface area contributed by atoms with Gasteiger partial charge in [-0.1, -0.05) is 23.2 Å². The molecule has 0 spiro atoms. The molecule has 18 heavy (non-hydrogen) atoms. The number of piperazine rings is 1. The van der Waals surface area contributed by atoms with Gasteiger partial charge in [-0.2, -0.15) is 0 Å². The monoisotopic (exact) mass is 287 g/mol. The second-order valence-corrected chi connectivity index (χ2v) is 5.19. The number of hydrogen-bond donors (Lipinski definition) is 1. The van der Waals surface area contributed by atoms with Crippen molar-refractivity contribution < 1.29 is 4.79 Å². The van der Waals surface area contributed by atoms with Crippen LogP contribution < -0.4 is 5.32 Å². The number of carbonyl (C=O) groups excluding carboxylic acids is 1. The van der Waals surface area contributed by atoms with Crippen molar-refractivity contribution in [1.82, 2.24) is 9.80 Å². The van der Waals surface area contributed by atoms with Gasteiger partial charge in [0, 0.05) is 31.2 Å². The molecule has 2 amide bonds. The molecule has 98 valence electrons. The van der Waals surface area contributed by atoms with E-state index in [2.05, 4.69) is 10.2 Å². The number of amides is 2. The minimum atomic E-state index is -0.132. The number of hydrogen-bond acceptors (Lipinski definition) is 2. The summed E-state index contributed by atoms with van der Waals surface area (Å²) < 4.78 is 0. The molecular formula is C12H15Cl2N3O. The molecule has 1 aromatic rings. The largest absolute Gasteiger partial charge is 0.322 e. The molecule has 0 radical (unpaired) electrons. The molecule has 0 bridgehead atoms. The lowest BCUT2D eigenvalue weighted by atomic mass is 10.3. The normalized spacial score (nSPS) is 16.7. The van der Waals surface area contributed by atoms with Crippen molar-refractivity contribution in [3.8, 4) is 0 Å². The van der Waals surface area contributed by atoms with Crippen molar-refractivity contribution in [2.24, 2.45) is 0 Å². The van der Waals surface area contributed by atoms with E-state index in [1.54, 1.807) is 23.1 Å². The molecule has 0 unspecified atom stereocenters. The minimum absolute atomic E-state index is 0.132. The van der Waals surface area contributed by atoms with Crippen molar-refractivity contribution in [2.45, 2.75) is 0 Å². The number of nitrogens with zero attached hydrogens (tertiary/aromatic N) is 2. The number of carbonyl (C=O) groups is 1. The summed E-state index contributed by atoms with van der Waals surface area (Å²) in [6.07, 6.45) is 0. The molecule has 0 atom stereocenters. The Hall–Kier alpha value is -0.970. The molecule has 2 rings (SSSR count). The zero-order chi connectivity index (χ0) is 13.1. The van der Waals surface area contributed by atoms with E-state index in [0.29, 0.717) is 15.7 Å². The Kier molecular flexibility index (Phi) is 4.32. The Bertz CT molecular complexity index is 445. The SMILES string of the molecule is CN1CCN(C(=O)Nc2cc(Cl)ccc2Cl)CC1. The van der Waals surface area contributed by atoms with Gasteiger partial charge in [0.15, 0.2) is 0 Å². The number of rotatable bonds is 1. The first-order valence-electron chi connectivity index (χ1n) is 5.76. The van der Waals surface area contributed by atoms with Crippen molar-refractivity contribution in [1.29, 1.82) is 0 Å². The van der Waals surface area contributed by atoms with Gasteiger partial charge in [-0.25, -0.2) is 4.79 Å². The van der Waals surface area contributed by atoms with Crippen molar-refractivity contribution in [3.63, 3.8) is 0 Å². The van der Waals surface area contributed by atoms with Crippen molar-refractivity contribution in [3.05, 3.63) is 28.2 Å². The van der Waals surface area contributed by atoms with E-state index in [0.717, 1.165) is 26.2 Å². The fourth-order valence-corrected chi connectivity index (χ4v) is 2.13. The van der Waals surface area contributed by atoms with Gasteiger partial charge < -0.3 is 15.1 Å². The van der Waals surface area contributed by atoms with E-state index in [9.17, 15) is 4.79 Å². The number of urea groups is 1. The third-order valence-corrected chi connectivity index (χ3v) is 3.53. The molecule has 6 heteroatoms. The molecule has 0 aromatic heterocycles. The third-order valence-electron chi connectivity index (χ3n) is 2.96. The predicted molar refractivity (Wildman–Crippen MR) is 74.6 cm³/mol. The summed E-state index contributed by atoms with van der Waals surface area (Å²) in [5.41, 5.74) is 0.549. The van der Waals surface area contributed by atoms with Crippen LogP contribution in [0.25, 0.3) is 0 Å². The maximum atomic E-state index is 12.0. The highest BCUT2D eigenvalue weighted by molar-refractivity contribution is 6.35. The number of halogens is 2. The molecule has 1 N–H and O–H groups in total. The second-order valence-electron chi connectivity index (χ2n) is 4.34. The van der Waals surface area contributed by atoms with E-state index in [-0.39, 0.29) is 6.03 Å². The summed E-state index contributed by atoms with van der Waals surface area (Å²) in [5.74, 6) is 0. The van der Waals surface area contributed by atoms with Crippen LogP contribution in [-0.2, 0) is 0 Å². The Morgan fingerprint density at radius 2 is 1.89 bits per heavy atom. The van der Waals surface area contributed by atoms with Gasteiger partial charge in [-0.3, -0.25) is 0 Å². The van der Waals surface area contributed by atoms with Crippen LogP contribution in [0.4, 0.5) is 10.5 Å². The zero-order valence-electron chi connectivity index (χ0n) is 10.1. The molecule has 4 nitrogen and oxygen atoms in total. The zero-order valence-corrected chi connectivity index (χ0v) is 11.6. The van der Waals surface area contributed by atoms with Gasteiger partial charge in [0.05, 0.1) is 10.7 Å². The van der Waals surface area contributed by atoms with E-state index >= 15 is 0 Å². The fraction of sp³-hybridized carbons (Fsp3) is 0.417. The molecule has 0 saturated carbocycles. The van der Waals surface area contributed by atoms with Crippen LogP contribution in [0.15, 0.2) is 18.2 Å². The molecule has 1 aliphatic rings. The molecule has 1 saturated heterocycles. The number of benzene rings is 1. The molecule has 0 aliphatic carbocycles. The number of anilines is 1. The maximum absolute atomic E-state index is 12.0. The van der Waals surface area contributed by atoms with Crippen LogP contribution in [0.1, 0.15) is 0 Å². The van der Waals surface area contributed by atoms with Crippen LogP contribution in [0.2, 0.25) is 10.0 Å². The average Bonchev–Trinajstić information content (AvgIpc) is 2.34. The van der Waals surface area contributed by atoms with E-state index in [1.807, 2.05) is 7.05 Å². The molecule has 1 heterocycles. The van der Waals surface area contributed by atoms with Gasteiger partial charge >= 0.3 is 6.03 Å². The maximum Gasteiger partial charge on any atom is 0.321 e. The number of nitrogens with one attached hydrogen (secondary N) is 1. The Morgan fingerprint density at radius 1 is 1.22 bits per heavy atom. The summed E-state index contributed by atoms with van der Waals surface area (Å²) in [6.45, 7) is 3.22. The van der Waals surface area contributed by atoms with E-state index in [1.165, 1.54) is 0 Å². The number of likely N-dealkylation sites (N-methyl/N-ethyl adjacent to an activating group) is 1.